The summed E-state index contributed by atoms with van der Waals surface area (Å²) in [5.74, 6) is 0.691. The Hall–Kier alpha value is -3.84. The van der Waals surface area contributed by atoms with Crippen molar-refractivity contribution in [2.24, 2.45) is 0 Å². The highest BCUT2D eigenvalue weighted by atomic mass is 79.9. The van der Waals surface area contributed by atoms with Gasteiger partial charge >= 0.3 is 0 Å². The molecule has 0 aliphatic carbocycles. The Morgan fingerprint density at radius 2 is 1.85 bits per heavy atom. The van der Waals surface area contributed by atoms with Gasteiger partial charge in [-0.1, -0.05) is 52.9 Å². The van der Waals surface area contributed by atoms with E-state index in [4.69, 9.17) is 13.9 Å². The number of halogens is 1. The second kappa shape index (κ2) is 8.83. The lowest BCUT2D eigenvalue weighted by Gasteiger charge is -2.25. The quantitative estimate of drug-likeness (QED) is 0.299. The number of anilines is 1. The number of benzene rings is 3. The molecule has 6 nitrogen and oxygen atoms in total. The number of rotatable bonds is 6. The number of nitrogens with zero attached hydrogens (tertiary/aromatic N) is 1. The summed E-state index contributed by atoms with van der Waals surface area (Å²) in [6.45, 7) is 3.99. The fourth-order valence-electron chi connectivity index (χ4n) is 4.24. The third-order valence-corrected chi connectivity index (χ3v) is 6.22. The van der Waals surface area contributed by atoms with Crippen LogP contribution in [0.25, 0.3) is 11.0 Å². The average Bonchev–Trinajstić information content (AvgIpc) is 3.16. The third-order valence-electron chi connectivity index (χ3n) is 5.73. The molecule has 1 aliphatic heterocycles. The molecule has 0 saturated carbocycles. The van der Waals surface area contributed by atoms with Gasteiger partial charge in [0.05, 0.1) is 24.1 Å². The predicted octanol–water partition coefficient (Wildman–Crippen LogP) is 5.88. The molecule has 1 unspecified atom stereocenters. The van der Waals surface area contributed by atoms with E-state index < -0.39 is 6.04 Å². The third kappa shape index (κ3) is 3.58. The van der Waals surface area contributed by atoms with Crippen LogP contribution >= 0.6 is 15.9 Å². The van der Waals surface area contributed by atoms with Crippen LogP contribution in [0, 0.1) is 0 Å². The summed E-state index contributed by atoms with van der Waals surface area (Å²) in [6, 6.07) is 19.1. The van der Waals surface area contributed by atoms with Crippen molar-refractivity contribution in [3.8, 4) is 11.5 Å². The number of amides is 1. The van der Waals surface area contributed by atoms with Crippen LogP contribution in [-0.4, -0.2) is 19.6 Å². The molecular formula is C27H20BrNO5. The topological polar surface area (TPSA) is 69.0 Å². The van der Waals surface area contributed by atoms with Crippen molar-refractivity contribution < 1.29 is 18.7 Å². The van der Waals surface area contributed by atoms with Crippen molar-refractivity contribution in [3.63, 3.8) is 0 Å². The standard InChI is InChI=1S/C27H20BrNO5/c1-3-13-33-21-11-9-16(14-22(21)32-2)24-23-25(30)19-15-17(28)10-12-20(19)34-26(23)27(31)29(24)18-7-5-4-6-8-18/h3-12,14-15,24H,1,13H2,2H3. The van der Waals surface area contributed by atoms with Crippen LogP contribution in [0.2, 0.25) is 0 Å². The fourth-order valence-corrected chi connectivity index (χ4v) is 4.60. The van der Waals surface area contributed by atoms with Gasteiger partial charge in [0, 0.05) is 10.2 Å². The average molecular weight is 518 g/mol. The Morgan fingerprint density at radius 3 is 2.59 bits per heavy atom. The molecule has 0 saturated heterocycles. The van der Waals surface area contributed by atoms with Crippen LogP contribution in [0.15, 0.2) is 93.1 Å². The molecule has 0 radical (unpaired) electrons. The normalized spacial score (nSPS) is 14.8. The molecule has 2 heterocycles. The van der Waals surface area contributed by atoms with Gasteiger partial charge in [-0.15, -0.1) is 0 Å². The molecule has 1 aliphatic rings. The predicted molar refractivity (Wildman–Crippen MR) is 134 cm³/mol. The largest absolute Gasteiger partial charge is 0.493 e. The van der Waals surface area contributed by atoms with Crippen molar-refractivity contribution >= 4 is 38.5 Å². The zero-order chi connectivity index (χ0) is 23.8. The summed E-state index contributed by atoms with van der Waals surface area (Å²) in [5.41, 5.74) is 1.75. The molecule has 3 aromatic carbocycles. The Morgan fingerprint density at radius 1 is 1.06 bits per heavy atom. The summed E-state index contributed by atoms with van der Waals surface area (Å²) >= 11 is 3.42. The van der Waals surface area contributed by atoms with Crippen LogP contribution in [-0.2, 0) is 0 Å². The van der Waals surface area contributed by atoms with Crippen molar-refractivity contribution in [3.05, 3.63) is 111 Å². The van der Waals surface area contributed by atoms with Crippen molar-refractivity contribution in [1.82, 2.24) is 0 Å². The van der Waals surface area contributed by atoms with Gasteiger partial charge in [0.15, 0.2) is 16.9 Å². The van der Waals surface area contributed by atoms with Gasteiger partial charge in [-0.2, -0.15) is 0 Å². The summed E-state index contributed by atoms with van der Waals surface area (Å²) in [5, 5.41) is 0.402. The van der Waals surface area contributed by atoms with E-state index >= 15 is 0 Å². The van der Waals surface area contributed by atoms with E-state index in [1.54, 1.807) is 48.4 Å². The number of hydrogen-bond donors (Lipinski definition) is 0. The van der Waals surface area contributed by atoms with E-state index in [-0.39, 0.29) is 17.1 Å². The van der Waals surface area contributed by atoms with Crippen LogP contribution in [0.4, 0.5) is 5.69 Å². The fraction of sp³-hybridized carbons (Fsp3) is 0.111. The van der Waals surface area contributed by atoms with E-state index in [9.17, 15) is 9.59 Å². The van der Waals surface area contributed by atoms with Crippen molar-refractivity contribution in [2.75, 3.05) is 18.6 Å². The highest BCUT2D eigenvalue weighted by Gasteiger charge is 2.43. The molecule has 1 aromatic heterocycles. The molecule has 7 heteroatoms. The number of carbonyl (C=O) groups is 1. The number of fused-ring (bicyclic) bond motifs is 2. The van der Waals surface area contributed by atoms with Crippen LogP contribution < -0.4 is 19.8 Å². The number of carbonyl (C=O) groups excluding carboxylic acids is 1. The maximum absolute atomic E-state index is 13.7. The summed E-state index contributed by atoms with van der Waals surface area (Å²) in [7, 11) is 1.54. The van der Waals surface area contributed by atoms with Gasteiger partial charge in [0.25, 0.3) is 5.91 Å². The van der Waals surface area contributed by atoms with E-state index in [0.29, 0.717) is 45.9 Å². The lowest BCUT2D eigenvalue weighted by molar-refractivity contribution is 0.0971. The highest BCUT2D eigenvalue weighted by molar-refractivity contribution is 9.10. The number of para-hydroxylation sites is 1. The van der Waals surface area contributed by atoms with Crippen LogP contribution in [0.3, 0.4) is 0 Å². The van der Waals surface area contributed by atoms with E-state index in [1.165, 1.54) is 0 Å². The van der Waals surface area contributed by atoms with Crippen molar-refractivity contribution in [1.29, 1.82) is 0 Å². The molecule has 1 amide bonds. The first-order chi connectivity index (χ1) is 16.5. The van der Waals surface area contributed by atoms with E-state index in [2.05, 4.69) is 22.5 Å². The van der Waals surface area contributed by atoms with E-state index in [1.807, 2.05) is 36.4 Å². The first-order valence-electron chi connectivity index (χ1n) is 10.6. The zero-order valence-corrected chi connectivity index (χ0v) is 19.9. The smallest absolute Gasteiger partial charge is 0.295 e. The maximum atomic E-state index is 13.7. The van der Waals surface area contributed by atoms with E-state index in [0.717, 1.165) is 4.47 Å². The van der Waals surface area contributed by atoms with Gasteiger partial charge in [-0.25, -0.2) is 0 Å². The lowest BCUT2D eigenvalue weighted by atomic mass is 9.97. The Balaban J connectivity index is 1.76. The molecule has 0 N–H and O–H groups in total. The minimum atomic E-state index is -0.702. The van der Waals surface area contributed by atoms with Gasteiger partial charge in [-0.05, 0) is 48.0 Å². The highest BCUT2D eigenvalue weighted by Crippen LogP contribution is 2.43. The summed E-state index contributed by atoms with van der Waals surface area (Å²) < 4.78 is 18.0. The second-order valence-electron chi connectivity index (χ2n) is 7.74. The number of hydrogen-bond acceptors (Lipinski definition) is 5. The van der Waals surface area contributed by atoms with Crippen LogP contribution in [0.5, 0.6) is 11.5 Å². The van der Waals surface area contributed by atoms with Gasteiger partial charge in [0.2, 0.25) is 5.76 Å². The SMILES string of the molecule is C=CCOc1ccc(C2c3c(oc4ccc(Br)cc4c3=O)C(=O)N2c2ccccc2)cc1OC. The second-order valence-corrected chi connectivity index (χ2v) is 8.65. The Labute approximate surface area is 204 Å². The number of ether oxygens (including phenoxy) is 2. The summed E-state index contributed by atoms with van der Waals surface area (Å²) in [4.78, 5) is 28.9. The molecule has 1 atom stereocenters. The molecule has 0 bridgehead atoms. The Bertz CT molecular complexity index is 1480. The molecule has 4 aromatic rings. The van der Waals surface area contributed by atoms with Gasteiger partial charge < -0.3 is 13.9 Å². The minimum absolute atomic E-state index is 0.0413. The van der Waals surface area contributed by atoms with Gasteiger partial charge in [-0.3, -0.25) is 14.5 Å². The first kappa shape index (κ1) is 22.0. The minimum Gasteiger partial charge on any atom is -0.493 e. The van der Waals surface area contributed by atoms with Crippen LogP contribution in [0.1, 0.15) is 27.7 Å². The molecule has 0 spiro atoms. The zero-order valence-electron chi connectivity index (χ0n) is 18.3. The Kier molecular flexibility index (Phi) is 5.71. The number of methoxy groups -OCH3 is 1. The summed E-state index contributed by atoms with van der Waals surface area (Å²) in [6.07, 6.45) is 1.64. The first-order valence-corrected chi connectivity index (χ1v) is 11.4. The van der Waals surface area contributed by atoms with Crippen molar-refractivity contribution in [2.45, 2.75) is 6.04 Å². The molecule has 170 valence electrons. The molecule has 5 rings (SSSR count). The lowest BCUT2D eigenvalue weighted by Crippen LogP contribution is -2.29. The maximum Gasteiger partial charge on any atom is 0.295 e. The molecule has 0 fully saturated rings. The van der Waals surface area contributed by atoms with Gasteiger partial charge in [0.1, 0.15) is 12.2 Å². The molecular weight excluding hydrogens is 498 g/mol. The monoisotopic (exact) mass is 517 g/mol. The molecule has 34 heavy (non-hydrogen) atoms.